The van der Waals surface area contributed by atoms with E-state index in [1.807, 2.05) is 18.2 Å². The van der Waals surface area contributed by atoms with Gasteiger partial charge in [0, 0.05) is 21.7 Å². The van der Waals surface area contributed by atoms with Gasteiger partial charge in [-0.15, -0.1) is 0 Å². The minimum Gasteiger partial charge on any atom is -0.380 e. The lowest BCUT2D eigenvalue weighted by Crippen LogP contribution is -2.00. The van der Waals surface area contributed by atoms with E-state index in [0.717, 1.165) is 21.7 Å². The van der Waals surface area contributed by atoms with Gasteiger partial charge in [0.2, 0.25) is 0 Å². The van der Waals surface area contributed by atoms with Crippen LogP contribution in [0.15, 0.2) is 46.9 Å². The summed E-state index contributed by atoms with van der Waals surface area (Å²) >= 11 is 9.48. The maximum atomic E-state index is 5.95. The summed E-state index contributed by atoms with van der Waals surface area (Å²) in [6, 6.07) is 14.1. The summed E-state index contributed by atoms with van der Waals surface area (Å²) in [6.45, 7) is 2.85. The number of halogens is 2. The van der Waals surface area contributed by atoms with E-state index in [1.54, 1.807) is 0 Å². The first-order valence-corrected chi connectivity index (χ1v) is 6.57. The molecule has 17 heavy (non-hydrogen) atoms. The van der Waals surface area contributed by atoms with Gasteiger partial charge < -0.3 is 5.32 Å². The molecule has 0 unspecified atom stereocenters. The normalized spacial score (nSPS) is 10.3. The van der Waals surface area contributed by atoms with Crippen LogP contribution in [0.4, 0.5) is 5.69 Å². The van der Waals surface area contributed by atoms with Crippen molar-refractivity contribution in [3.8, 4) is 0 Å². The lowest BCUT2D eigenvalue weighted by molar-refractivity contribution is 1.14. The number of hydrogen-bond acceptors (Lipinski definition) is 1. The average Bonchev–Trinajstić information content (AvgIpc) is 2.30. The third-order valence-corrected chi connectivity index (χ3v) is 3.42. The molecule has 2 rings (SSSR count). The molecular weight excluding hydrogens is 298 g/mol. The molecule has 0 saturated carbocycles. The van der Waals surface area contributed by atoms with Crippen LogP contribution in [-0.2, 0) is 6.54 Å². The van der Waals surface area contributed by atoms with Crippen LogP contribution in [0.5, 0.6) is 0 Å². The van der Waals surface area contributed by atoms with Gasteiger partial charge in [-0.25, -0.2) is 0 Å². The van der Waals surface area contributed by atoms with Crippen LogP contribution in [0.2, 0.25) is 5.02 Å². The van der Waals surface area contributed by atoms with E-state index < -0.39 is 0 Å². The van der Waals surface area contributed by atoms with Crippen molar-refractivity contribution in [2.24, 2.45) is 0 Å². The van der Waals surface area contributed by atoms with Gasteiger partial charge in [0.1, 0.15) is 0 Å². The molecular formula is C14H13BrClN. The topological polar surface area (TPSA) is 12.0 Å². The van der Waals surface area contributed by atoms with Crippen LogP contribution < -0.4 is 5.32 Å². The Kier molecular flexibility index (Phi) is 4.08. The van der Waals surface area contributed by atoms with Gasteiger partial charge in [-0.2, -0.15) is 0 Å². The van der Waals surface area contributed by atoms with Crippen molar-refractivity contribution in [1.82, 2.24) is 0 Å². The molecule has 3 heteroatoms. The summed E-state index contributed by atoms with van der Waals surface area (Å²) in [6.07, 6.45) is 0. The SMILES string of the molecule is Cc1ccc(Br)c(NCc2cccc(Cl)c2)c1. The van der Waals surface area contributed by atoms with E-state index in [0.29, 0.717) is 0 Å². The Labute approximate surface area is 115 Å². The van der Waals surface area contributed by atoms with E-state index in [2.05, 4.69) is 52.4 Å². The van der Waals surface area contributed by atoms with Crippen LogP contribution in [0, 0.1) is 6.92 Å². The monoisotopic (exact) mass is 309 g/mol. The molecule has 0 radical (unpaired) electrons. The Morgan fingerprint density at radius 2 is 2.00 bits per heavy atom. The highest BCUT2D eigenvalue weighted by molar-refractivity contribution is 9.10. The molecule has 0 aliphatic carbocycles. The number of rotatable bonds is 3. The van der Waals surface area contributed by atoms with E-state index in [1.165, 1.54) is 11.1 Å². The van der Waals surface area contributed by atoms with E-state index in [-0.39, 0.29) is 0 Å². The fourth-order valence-electron chi connectivity index (χ4n) is 1.62. The van der Waals surface area contributed by atoms with Crippen LogP contribution >= 0.6 is 27.5 Å². The van der Waals surface area contributed by atoms with Crippen molar-refractivity contribution in [2.45, 2.75) is 13.5 Å². The second-order valence-electron chi connectivity index (χ2n) is 3.97. The number of benzene rings is 2. The quantitative estimate of drug-likeness (QED) is 0.839. The van der Waals surface area contributed by atoms with E-state index in [9.17, 15) is 0 Å². The van der Waals surface area contributed by atoms with Crippen LogP contribution in [0.1, 0.15) is 11.1 Å². The highest BCUT2D eigenvalue weighted by Gasteiger charge is 2.00. The maximum Gasteiger partial charge on any atom is 0.0489 e. The molecule has 2 aromatic carbocycles. The molecule has 0 fully saturated rings. The van der Waals surface area contributed by atoms with Gasteiger partial charge in [-0.1, -0.05) is 29.8 Å². The van der Waals surface area contributed by atoms with E-state index >= 15 is 0 Å². The van der Waals surface area contributed by atoms with Crippen molar-refractivity contribution in [3.63, 3.8) is 0 Å². The fourth-order valence-corrected chi connectivity index (χ4v) is 2.22. The Morgan fingerprint density at radius 1 is 1.18 bits per heavy atom. The molecule has 0 heterocycles. The molecule has 0 aromatic heterocycles. The number of anilines is 1. The van der Waals surface area contributed by atoms with Gasteiger partial charge in [0.25, 0.3) is 0 Å². The summed E-state index contributed by atoms with van der Waals surface area (Å²) < 4.78 is 1.07. The zero-order chi connectivity index (χ0) is 12.3. The largest absolute Gasteiger partial charge is 0.380 e. The fraction of sp³-hybridized carbons (Fsp3) is 0.143. The van der Waals surface area contributed by atoms with Gasteiger partial charge in [-0.3, -0.25) is 0 Å². The smallest absolute Gasteiger partial charge is 0.0489 e. The Balaban J connectivity index is 2.09. The second kappa shape index (κ2) is 5.56. The molecule has 0 aliphatic heterocycles. The van der Waals surface area contributed by atoms with Crippen LogP contribution in [0.3, 0.4) is 0 Å². The van der Waals surface area contributed by atoms with Crippen molar-refractivity contribution >= 4 is 33.2 Å². The lowest BCUT2D eigenvalue weighted by Gasteiger charge is -2.09. The van der Waals surface area contributed by atoms with Gasteiger partial charge in [0.15, 0.2) is 0 Å². The first-order valence-electron chi connectivity index (χ1n) is 5.39. The van der Waals surface area contributed by atoms with Crippen molar-refractivity contribution in [3.05, 3.63) is 63.1 Å². The highest BCUT2D eigenvalue weighted by Crippen LogP contribution is 2.24. The first kappa shape index (κ1) is 12.5. The molecule has 88 valence electrons. The number of hydrogen-bond donors (Lipinski definition) is 1. The van der Waals surface area contributed by atoms with Crippen molar-refractivity contribution in [2.75, 3.05) is 5.32 Å². The Hall–Kier alpha value is -0.990. The maximum absolute atomic E-state index is 5.95. The molecule has 1 N–H and O–H groups in total. The molecule has 1 nitrogen and oxygen atoms in total. The van der Waals surface area contributed by atoms with Gasteiger partial charge >= 0.3 is 0 Å². The van der Waals surface area contributed by atoms with Crippen molar-refractivity contribution < 1.29 is 0 Å². The summed E-state index contributed by atoms with van der Waals surface area (Å²) in [5.74, 6) is 0. The summed E-state index contributed by atoms with van der Waals surface area (Å²) in [5.41, 5.74) is 3.51. The summed E-state index contributed by atoms with van der Waals surface area (Å²) in [7, 11) is 0. The van der Waals surface area contributed by atoms with Crippen molar-refractivity contribution in [1.29, 1.82) is 0 Å². The molecule has 0 saturated heterocycles. The minimum absolute atomic E-state index is 0.766. The third-order valence-electron chi connectivity index (χ3n) is 2.49. The molecule has 2 aromatic rings. The molecule has 0 aliphatic rings. The van der Waals surface area contributed by atoms with Crippen LogP contribution in [0.25, 0.3) is 0 Å². The second-order valence-corrected chi connectivity index (χ2v) is 5.26. The summed E-state index contributed by atoms with van der Waals surface area (Å²) in [4.78, 5) is 0. The molecule has 0 spiro atoms. The number of nitrogens with one attached hydrogen (secondary N) is 1. The van der Waals surface area contributed by atoms with E-state index in [4.69, 9.17) is 11.6 Å². The lowest BCUT2D eigenvalue weighted by atomic mass is 10.2. The minimum atomic E-state index is 0.766. The zero-order valence-electron chi connectivity index (χ0n) is 9.50. The Morgan fingerprint density at radius 3 is 2.76 bits per heavy atom. The van der Waals surface area contributed by atoms with Crippen LogP contribution in [-0.4, -0.2) is 0 Å². The predicted octanol–water partition coefficient (Wildman–Crippen LogP) is 5.02. The Bertz CT molecular complexity index is 525. The standard InChI is InChI=1S/C14H13BrClN/c1-10-5-6-13(15)14(7-10)17-9-11-3-2-4-12(16)8-11/h2-8,17H,9H2,1H3. The predicted molar refractivity (Wildman–Crippen MR) is 77.7 cm³/mol. The van der Waals surface area contributed by atoms with Gasteiger partial charge in [-0.05, 0) is 58.2 Å². The molecule has 0 amide bonds. The summed E-state index contributed by atoms with van der Waals surface area (Å²) in [5, 5.41) is 4.16. The molecule has 0 bridgehead atoms. The van der Waals surface area contributed by atoms with Gasteiger partial charge in [0.05, 0.1) is 0 Å². The number of aryl methyl sites for hydroxylation is 1. The first-order chi connectivity index (χ1) is 8.15. The molecule has 0 atom stereocenters. The average molecular weight is 311 g/mol. The zero-order valence-corrected chi connectivity index (χ0v) is 11.8. The third kappa shape index (κ3) is 3.48. The highest BCUT2D eigenvalue weighted by atomic mass is 79.9.